The van der Waals surface area contributed by atoms with E-state index in [1.165, 1.54) is 13.2 Å². The second-order valence-corrected chi connectivity index (χ2v) is 7.26. The van der Waals surface area contributed by atoms with E-state index in [9.17, 15) is 15.0 Å². The predicted molar refractivity (Wildman–Crippen MR) is 98.6 cm³/mol. The van der Waals surface area contributed by atoms with Crippen LogP contribution >= 0.6 is 0 Å². The van der Waals surface area contributed by atoms with Crippen molar-refractivity contribution < 1.29 is 24.5 Å². The first kappa shape index (κ1) is 18.3. The van der Waals surface area contributed by atoms with Gasteiger partial charge in [0.1, 0.15) is 28.8 Å². The van der Waals surface area contributed by atoms with E-state index in [2.05, 4.69) is 0 Å². The summed E-state index contributed by atoms with van der Waals surface area (Å²) in [6.45, 7) is 4.00. The number of methoxy groups -OCH3 is 1. The highest BCUT2D eigenvalue weighted by atomic mass is 16.5. The number of carbonyl (C=O) groups excluding carboxylic acids is 1. The number of ketones is 1. The smallest absolute Gasteiger partial charge is 0.169 e. The number of aliphatic hydroxyl groups is 1. The molecule has 0 saturated carbocycles. The molecule has 0 radical (unpaired) electrons. The zero-order valence-electron chi connectivity index (χ0n) is 15.2. The first-order chi connectivity index (χ1) is 12.3. The summed E-state index contributed by atoms with van der Waals surface area (Å²) in [7, 11) is 1.51. The van der Waals surface area contributed by atoms with Gasteiger partial charge in [0.25, 0.3) is 0 Å². The second kappa shape index (κ2) is 7.00. The van der Waals surface area contributed by atoms with Crippen molar-refractivity contribution in [1.82, 2.24) is 0 Å². The van der Waals surface area contributed by atoms with Crippen molar-refractivity contribution in [2.24, 2.45) is 5.92 Å². The summed E-state index contributed by atoms with van der Waals surface area (Å²) in [6, 6.07) is 6.53. The highest BCUT2D eigenvalue weighted by molar-refractivity contribution is 5.97. The number of aliphatic hydroxyl groups excluding tert-OH is 1. The number of allylic oxidation sites excluding steroid dienone is 2. The fourth-order valence-corrected chi connectivity index (χ4v) is 3.31. The van der Waals surface area contributed by atoms with Crippen LogP contribution in [0.2, 0.25) is 0 Å². The number of carbonyl (C=O) groups is 1. The van der Waals surface area contributed by atoms with Gasteiger partial charge in [0.05, 0.1) is 6.10 Å². The molecule has 1 saturated heterocycles. The number of aromatic hydroxyl groups is 1. The minimum atomic E-state index is -0.781. The zero-order chi connectivity index (χ0) is 18.9. The molecule has 2 aliphatic rings. The van der Waals surface area contributed by atoms with Gasteiger partial charge in [0, 0.05) is 12.7 Å². The Morgan fingerprint density at radius 1 is 1.27 bits per heavy atom. The molecule has 2 atom stereocenters. The lowest BCUT2D eigenvalue weighted by Gasteiger charge is -2.38. The largest absolute Gasteiger partial charge is 0.511 e. The number of hydrogen-bond donors (Lipinski definition) is 2. The highest BCUT2D eigenvalue weighted by Gasteiger charge is 2.40. The van der Waals surface area contributed by atoms with Crippen LogP contribution in [-0.2, 0) is 14.3 Å². The molecule has 3 rings (SSSR count). The van der Waals surface area contributed by atoms with Gasteiger partial charge in [0.15, 0.2) is 5.78 Å². The molecule has 26 heavy (non-hydrogen) atoms. The SMILES string of the molecule is COC1C=C2OC(C)(C)CCC2=C(O)C1C(=O)/C=C/c1ccc(O)cc1. The molecule has 2 unspecified atom stereocenters. The fraction of sp³-hybridized carbons (Fsp3) is 0.381. The van der Waals surface area contributed by atoms with Gasteiger partial charge in [-0.25, -0.2) is 0 Å². The van der Waals surface area contributed by atoms with E-state index < -0.39 is 12.0 Å². The van der Waals surface area contributed by atoms with Crippen molar-refractivity contribution >= 4 is 11.9 Å². The average Bonchev–Trinajstić information content (AvgIpc) is 2.59. The molecule has 1 fully saturated rings. The lowest BCUT2D eigenvalue weighted by molar-refractivity contribution is -0.121. The van der Waals surface area contributed by atoms with Crippen molar-refractivity contribution in [2.45, 2.75) is 38.4 Å². The van der Waals surface area contributed by atoms with Crippen molar-refractivity contribution in [2.75, 3.05) is 7.11 Å². The molecular formula is C21H24O5. The number of fused-ring (bicyclic) bond motifs is 1. The van der Waals surface area contributed by atoms with Gasteiger partial charge in [-0.15, -0.1) is 0 Å². The Balaban J connectivity index is 1.84. The highest BCUT2D eigenvalue weighted by Crippen LogP contribution is 2.41. The second-order valence-electron chi connectivity index (χ2n) is 7.26. The summed E-state index contributed by atoms with van der Waals surface area (Å²) in [5, 5.41) is 20.1. The normalized spacial score (nSPS) is 24.8. The molecule has 1 aliphatic heterocycles. The van der Waals surface area contributed by atoms with Crippen LogP contribution < -0.4 is 0 Å². The summed E-state index contributed by atoms with van der Waals surface area (Å²) >= 11 is 0. The van der Waals surface area contributed by atoms with Gasteiger partial charge in [0.2, 0.25) is 0 Å². The number of hydrogen-bond acceptors (Lipinski definition) is 5. The minimum Gasteiger partial charge on any atom is -0.511 e. The monoisotopic (exact) mass is 356 g/mol. The van der Waals surface area contributed by atoms with Crippen LogP contribution in [-0.4, -0.2) is 34.8 Å². The first-order valence-corrected chi connectivity index (χ1v) is 8.68. The molecule has 1 aliphatic carbocycles. The Kier molecular flexibility index (Phi) is 4.92. The summed E-state index contributed by atoms with van der Waals surface area (Å²) in [6.07, 6.45) is 5.73. The van der Waals surface area contributed by atoms with Gasteiger partial charge >= 0.3 is 0 Å². The van der Waals surface area contributed by atoms with Gasteiger partial charge in [-0.2, -0.15) is 0 Å². The summed E-state index contributed by atoms with van der Waals surface area (Å²) in [5.41, 5.74) is 1.17. The third-order valence-electron chi connectivity index (χ3n) is 4.82. The van der Waals surface area contributed by atoms with Crippen molar-refractivity contribution in [3.8, 4) is 5.75 Å². The van der Waals surface area contributed by atoms with E-state index >= 15 is 0 Å². The maximum atomic E-state index is 12.7. The van der Waals surface area contributed by atoms with Crippen LogP contribution in [0.4, 0.5) is 0 Å². The molecule has 5 nitrogen and oxygen atoms in total. The Bertz CT molecular complexity index is 783. The van der Waals surface area contributed by atoms with Crippen LogP contribution in [0.25, 0.3) is 6.08 Å². The number of rotatable bonds is 4. The lowest BCUT2D eigenvalue weighted by atomic mass is 9.82. The van der Waals surface area contributed by atoms with E-state index in [0.29, 0.717) is 17.8 Å². The van der Waals surface area contributed by atoms with Crippen LogP contribution in [0, 0.1) is 5.92 Å². The predicted octanol–water partition coefficient (Wildman–Crippen LogP) is 3.90. The van der Waals surface area contributed by atoms with Crippen LogP contribution in [0.5, 0.6) is 5.75 Å². The van der Waals surface area contributed by atoms with Crippen LogP contribution in [0.3, 0.4) is 0 Å². The summed E-state index contributed by atoms with van der Waals surface area (Å²) < 4.78 is 11.4. The zero-order valence-corrected chi connectivity index (χ0v) is 15.2. The standard InChI is InChI=1S/C21H24O5/c1-21(2)11-10-15-17(26-21)12-18(25-3)19(20(15)24)16(23)9-6-13-4-7-14(22)8-5-13/h4-9,12,18-19,22,24H,10-11H2,1-3H3/b9-6+. The van der Waals surface area contributed by atoms with E-state index in [1.54, 1.807) is 36.4 Å². The molecule has 1 heterocycles. The van der Waals surface area contributed by atoms with E-state index in [4.69, 9.17) is 9.47 Å². The fourth-order valence-electron chi connectivity index (χ4n) is 3.31. The lowest BCUT2D eigenvalue weighted by Crippen LogP contribution is -2.38. The Morgan fingerprint density at radius 2 is 1.96 bits per heavy atom. The third kappa shape index (κ3) is 3.68. The Morgan fingerprint density at radius 3 is 2.62 bits per heavy atom. The molecule has 0 amide bonds. The molecule has 1 aromatic rings. The van der Waals surface area contributed by atoms with Gasteiger partial charge in [-0.05, 0) is 56.5 Å². The van der Waals surface area contributed by atoms with E-state index in [-0.39, 0.29) is 22.9 Å². The topological polar surface area (TPSA) is 76.0 Å². The molecule has 0 spiro atoms. The average molecular weight is 356 g/mol. The third-order valence-corrected chi connectivity index (χ3v) is 4.82. The quantitative estimate of drug-likeness (QED) is 0.800. The Hall–Kier alpha value is -2.53. The first-order valence-electron chi connectivity index (χ1n) is 8.68. The molecular weight excluding hydrogens is 332 g/mol. The van der Waals surface area contributed by atoms with Crippen LogP contribution in [0.1, 0.15) is 32.3 Å². The van der Waals surface area contributed by atoms with Gasteiger partial charge in [-0.3, -0.25) is 4.79 Å². The minimum absolute atomic E-state index is 0.0326. The number of benzene rings is 1. The summed E-state index contributed by atoms with van der Waals surface area (Å²) in [5.74, 6) is -0.213. The maximum Gasteiger partial charge on any atom is 0.169 e. The van der Waals surface area contributed by atoms with E-state index in [0.717, 1.165) is 12.0 Å². The summed E-state index contributed by atoms with van der Waals surface area (Å²) in [4.78, 5) is 12.7. The number of phenolic OH excluding ortho intramolecular Hbond substituents is 1. The Labute approximate surface area is 153 Å². The molecule has 2 N–H and O–H groups in total. The van der Waals surface area contributed by atoms with Crippen molar-refractivity contribution in [1.29, 1.82) is 0 Å². The van der Waals surface area contributed by atoms with Crippen molar-refractivity contribution in [3.63, 3.8) is 0 Å². The molecule has 1 aromatic carbocycles. The van der Waals surface area contributed by atoms with E-state index in [1.807, 2.05) is 13.8 Å². The van der Waals surface area contributed by atoms with Gasteiger partial charge in [-0.1, -0.05) is 18.2 Å². The number of ether oxygens (including phenoxy) is 2. The molecule has 0 aromatic heterocycles. The number of phenols is 1. The molecule has 5 heteroatoms. The molecule has 0 bridgehead atoms. The van der Waals surface area contributed by atoms with Crippen LogP contribution in [0.15, 0.2) is 53.5 Å². The van der Waals surface area contributed by atoms with Crippen molar-refractivity contribution in [3.05, 3.63) is 59.1 Å². The van der Waals surface area contributed by atoms with Gasteiger partial charge < -0.3 is 19.7 Å². The molecule has 138 valence electrons. The maximum absolute atomic E-state index is 12.7.